The highest BCUT2D eigenvalue weighted by atomic mass is 16.8. The third-order valence-corrected chi connectivity index (χ3v) is 5.74. The number of carbonyl (C=O) groups excluding carboxylic acids is 2. The van der Waals surface area contributed by atoms with E-state index >= 15 is 0 Å². The Morgan fingerprint density at radius 2 is 1.54 bits per heavy atom. The molecule has 0 bridgehead atoms. The monoisotopic (exact) mass is 511 g/mol. The Morgan fingerprint density at radius 3 is 2.03 bits per heavy atom. The molecule has 2 fully saturated rings. The molecule has 0 unspecified atom stereocenters. The fourth-order valence-electron chi connectivity index (χ4n) is 3.85. The zero-order valence-electron chi connectivity index (χ0n) is 18.8. The van der Waals surface area contributed by atoms with Gasteiger partial charge in [0.1, 0.15) is 42.6 Å². The van der Waals surface area contributed by atoms with E-state index in [1.54, 1.807) is 0 Å². The minimum atomic E-state index is -2.56. The van der Waals surface area contributed by atoms with E-state index in [-0.39, 0.29) is 6.61 Å². The van der Waals surface area contributed by atoms with E-state index in [4.69, 9.17) is 18.9 Å². The Bertz CT molecular complexity index is 748. The van der Waals surface area contributed by atoms with Gasteiger partial charge in [-0.2, -0.15) is 0 Å². The van der Waals surface area contributed by atoms with Crippen molar-refractivity contribution in [2.24, 2.45) is 0 Å². The smallest absolute Gasteiger partial charge is 0.366 e. The predicted octanol–water partition coefficient (Wildman–Crippen LogP) is -5.74. The van der Waals surface area contributed by atoms with E-state index in [0.717, 1.165) is 7.11 Å². The molecule has 0 aromatic rings. The Balaban J connectivity index is 2.27. The topological polar surface area (TPSA) is 245 Å². The van der Waals surface area contributed by atoms with E-state index in [1.807, 2.05) is 0 Å². The van der Waals surface area contributed by atoms with Crippen LogP contribution in [0.5, 0.6) is 0 Å². The summed E-state index contributed by atoms with van der Waals surface area (Å²) in [7, 11) is 0.942. The Kier molecular flexibility index (Phi) is 10.1. The molecular formula is C20H31O15-. The van der Waals surface area contributed by atoms with Gasteiger partial charge < -0.3 is 69.3 Å². The molecule has 0 aliphatic carbocycles. The van der Waals surface area contributed by atoms with Crippen LogP contribution in [0.1, 0.15) is 12.8 Å². The number of methoxy groups -OCH3 is 1. The summed E-state index contributed by atoms with van der Waals surface area (Å²) < 4.78 is 25.7. The molecule has 2 aliphatic rings. The molecule has 0 radical (unpaired) electrons. The quantitative estimate of drug-likeness (QED) is 0.101. The van der Waals surface area contributed by atoms with E-state index in [2.05, 4.69) is 11.3 Å². The summed E-state index contributed by atoms with van der Waals surface area (Å²) in [5.41, 5.74) is 0. The third kappa shape index (κ3) is 6.15. The number of carboxylic acids is 1. The number of esters is 1. The maximum atomic E-state index is 12.5. The lowest BCUT2D eigenvalue weighted by Crippen LogP contribution is -2.66. The zero-order chi connectivity index (χ0) is 26.6. The first kappa shape index (κ1) is 29.5. The van der Waals surface area contributed by atoms with Gasteiger partial charge in [-0.15, -0.1) is 6.58 Å². The molecular weight excluding hydrogens is 480 g/mol. The van der Waals surface area contributed by atoms with Crippen molar-refractivity contribution in [1.29, 1.82) is 0 Å². The van der Waals surface area contributed by atoms with Crippen LogP contribution in [0.2, 0.25) is 0 Å². The van der Waals surface area contributed by atoms with Crippen LogP contribution in [0.4, 0.5) is 0 Å². The molecule has 10 atom stereocenters. The van der Waals surface area contributed by atoms with Gasteiger partial charge in [-0.05, 0) is 0 Å². The normalized spacial score (nSPS) is 39.4. The summed E-state index contributed by atoms with van der Waals surface area (Å²) >= 11 is 0. The lowest BCUT2D eigenvalue weighted by Gasteiger charge is -2.47. The second-order valence-electron chi connectivity index (χ2n) is 8.20. The molecule has 35 heavy (non-hydrogen) atoms. The van der Waals surface area contributed by atoms with Crippen molar-refractivity contribution in [2.45, 2.75) is 73.2 Å². The molecule has 15 nitrogen and oxygen atoms in total. The molecule has 0 spiro atoms. The highest BCUT2D eigenvalue weighted by molar-refractivity contribution is 5.78. The second-order valence-corrected chi connectivity index (χ2v) is 8.20. The Labute approximate surface area is 199 Å². The summed E-state index contributed by atoms with van der Waals surface area (Å²) in [6.45, 7) is 1.18. The van der Waals surface area contributed by atoms with Crippen molar-refractivity contribution < 1.29 is 74.1 Å². The van der Waals surface area contributed by atoms with Crippen LogP contribution < -0.4 is 5.11 Å². The number of ether oxygens (including phenoxy) is 5. The highest BCUT2D eigenvalue weighted by Crippen LogP contribution is 2.35. The molecule has 0 saturated carbocycles. The second kappa shape index (κ2) is 12.0. The van der Waals surface area contributed by atoms with Crippen molar-refractivity contribution in [2.75, 3.05) is 26.9 Å². The van der Waals surface area contributed by atoms with Gasteiger partial charge in [0.25, 0.3) is 5.79 Å². The minimum Gasteiger partial charge on any atom is -0.544 e. The lowest BCUT2D eigenvalue weighted by molar-refractivity contribution is -0.387. The van der Waals surface area contributed by atoms with Crippen LogP contribution >= 0.6 is 0 Å². The summed E-state index contributed by atoms with van der Waals surface area (Å²) in [5.74, 6) is -8.20. The van der Waals surface area contributed by atoms with Crippen LogP contribution in [-0.2, 0) is 33.3 Å². The molecule has 0 aromatic carbocycles. The largest absolute Gasteiger partial charge is 0.544 e. The maximum Gasteiger partial charge on any atom is 0.366 e. The van der Waals surface area contributed by atoms with E-state index < -0.39 is 98.4 Å². The van der Waals surface area contributed by atoms with Crippen molar-refractivity contribution in [3.05, 3.63) is 12.7 Å². The van der Waals surface area contributed by atoms with E-state index in [1.165, 1.54) is 6.08 Å². The highest BCUT2D eigenvalue weighted by Gasteiger charge is 2.56. The van der Waals surface area contributed by atoms with Crippen LogP contribution in [0.15, 0.2) is 12.7 Å². The molecule has 2 rings (SSSR count). The van der Waals surface area contributed by atoms with Crippen molar-refractivity contribution in [3.8, 4) is 0 Å². The molecule has 7 N–H and O–H groups in total. The summed E-state index contributed by atoms with van der Waals surface area (Å²) in [6.07, 6.45) is -14.5. The zero-order valence-corrected chi connectivity index (χ0v) is 18.8. The molecule has 202 valence electrons. The number of aliphatic hydroxyl groups is 7. The molecule has 2 heterocycles. The van der Waals surface area contributed by atoms with Crippen LogP contribution in [0.3, 0.4) is 0 Å². The van der Waals surface area contributed by atoms with E-state index in [0.29, 0.717) is 0 Å². The van der Waals surface area contributed by atoms with Gasteiger partial charge in [-0.3, -0.25) is 0 Å². The number of carboxylic acid groups (broad SMARTS) is 1. The van der Waals surface area contributed by atoms with E-state index in [9.17, 15) is 50.4 Å². The summed E-state index contributed by atoms with van der Waals surface area (Å²) in [5, 5.41) is 82.2. The van der Waals surface area contributed by atoms with Crippen LogP contribution in [0.25, 0.3) is 0 Å². The van der Waals surface area contributed by atoms with Crippen molar-refractivity contribution >= 4 is 11.9 Å². The number of hydrogen-bond acceptors (Lipinski definition) is 15. The van der Waals surface area contributed by atoms with Crippen molar-refractivity contribution in [1.82, 2.24) is 0 Å². The first-order valence-corrected chi connectivity index (χ1v) is 10.6. The first-order chi connectivity index (χ1) is 16.4. The fraction of sp³-hybridized carbons (Fsp3) is 0.800. The van der Waals surface area contributed by atoms with Gasteiger partial charge in [0.2, 0.25) is 5.79 Å². The first-order valence-electron chi connectivity index (χ1n) is 10.6. The number of carbonyl (C=O) groups is 2. The average molecular weight is 511 g/mol. The van der Waals surface area contributed by atoms with Gasteiger partial charge in [0.15, 0.2) is 0 Å². The fourth-order valence-corrected chi connectivity index (χ4v) is 3.85. The van der Waals surface area contributed by atoms with Gasteiger partial charge in [-0.25, -0.2) is 4.79 Å². The van der Waals surface area contributed by atoms with Gasteiger partial charge in [-0.1, -0.05) is 6.08 Å². The Morgan fingerprint density at radius 1 is 1.03 bits per heavy atom. The molecule has 15 heteroatoms. The molecule has 2 saturated heterocycles. The van der Waals surface area contributed by atoms with Gasteiger partial charge >= 0.3 is 5.97 Å². The van der Waals surface area contributed by atoms with Gasteiger partial charge in [0.05, 0.1) is 39.1 Å². The van der Waals surface area contributed by atoms with Crippen LogP contribution in [0, 0.1) is 0 Å². The van der Waals surface area contributed by atoms with Crippen LogP contribution in [-0.4, -0.2) is 135 Å². The third-order valence-electron chi connectivity index (χ3n) is 5.74. The maximum absolute atomic E-state index is 12.5. The molecule has 0 amide bonds. The summed E-state index contributed by atoms with van der Waals surface area (Å²) in [4.78, 5) is 24.2. The molecule has 0 aromatic heterocycles. The number of aliphatic hydroxyl groups excluding tert-OH is 7. The molecule has 2 aliphatic heterocycles. The predicted molar refractivity (Wildman–Crippen MR) is 107 cm³/mol. The van der Waals surface area contributed by atoms with Crippen molar-refractivity contribution in [3.63, 3.8) is 0 Å². The lowest BCUT2D eigenvalue weighted by atomic mass is 9.91. The minimum absolute atomic E-state index is 0.343. The summed E-state index contributed by atoms with van der Waals surface area (Å²) in [6, 6.07) is 0. The number of rotatable bonds is 11. The SMILES string of the molecule is C=CCO[C@]1(C(=O)[O-])C[C@@H](O)[C@@H](O)[C@@H]([C@H](O)CO[C@]2(C(=O)OC)C[C@@H](O)[C@@H](O)[C@@H]([C@H](O)CO)O2)O1. The van der Waals surface area contributed by atoms with Gasteiger partial charge in [0, 0.05) is 12.8 Å². The average Bonchev–Trinajstić information content (AvgIpc) is 2.83. The standard InChI is InChI=1S/C20H32O15/c1-3-4-32-19(17(28)29)5-9(22)14(27)16(34-19)12(25)8-33-20(18(30)31-2)6-10(23)13(26)15(35-20)11(24)7-21/h3,9-16,21-27H,1,4-8H2,2H3,(H,28,29)/p-1/t9-,10-,11-,12-,13-,14-,15-,16-,19-,20-/m1/s1. The number of aliphatic carboxylic acids is 1. The Hall–Kier alpha value is -1.76. The number of hydrogen-bond donors (Lipinski definition) is 7.